The van der Waals surface area contributed by atoms with Crippen LogP contribution in [-0.2, 0) is 0 Å². The first-order valence-corrected chi connectivity index (χ1v) is 5.09. The summed E-state index contributed by atoms with van der Waals surface area (Å²) in [6, 6.07) is 0. The summed E-state index contributed by atoms with van der Waals surface area (Å²) in [5.41, 5.74) is 2.22. The molecular formula is C13H24. The van der Waals surface area contributed by atoms with Crippen LogP contribution in [0.2, 0.25) is 0 Å². The number of hydrogen-bond acceptors (Lipinski definition) is 0. The van der Waals surface area contributed by atoms with Crippen molar-refractivity contribution in [2.45, 2.75) is 47.0 Å². The highest BCUT2D eigenvalue weighted by Crippen LogP contribution is 2.00. The fourth-order valence-corrected chi connectivity index (χ4v) is 0.378. The number of allylic oxidation sites excluding steroid dienone is 4. The Kier molecular flexibility index (Phi) is 12.7. The van der Waals surface area contributed by atoms with Gasteiger partial charge in [0.1, 0.15) is 0 Å². The largest absolute Gasteiger partial charge is 0.0961 e. The van der Waals surface area contributed by atoms with Gasteiger partial charge in [-0.1, -0.05) is 70.1 Å². The molecule has 0 saturated heterocycles. The van der Waals surface area contributed by atoms with Crippen LogP contribution in [-0.4, -0.2) is 0 Å². The predicted octanol–water partition coefficient (Wildman–Crippen LogP) is 4.89. The molecule has 0 fully saturated rings. The molecule has 0 unspecified atom stereocenters. The lowest BCUT2D eigenvalue weighted by Crippen LogP contribution is -1.69. The van der Waals surface area contributed by atoms with Gasteiger partial charge in [-0.25, -0.2) is 0 Å². The quantitative estimate of drug-likeness (QED) is 0.540. The molecule has 0 aromatic rings. The van der Waals surface area contributed by atoms with Gasteiger partial charge in [-0.05, 0) is 13.3 Å². The fourth-order valence-electron chi connectivity index (χ4n) is 0.378. The van der Waals surface area contributed by atoms with Gasteiger partial charge >= 0.3 is 0 Å². The summed E-state index contributed by atoms with van der Waals surface area (Å²) < 4.78 is 0. The lowest BCUT2D eigenvalue weighted by atomic mass is 10.2. The van der Waals surface area contributed by atoms with E-state index in [4.69, 9.17) is 0 Å². The Balaban J connectivity index is 0. The van der Waals surface area contributed by atoms with Gasteiger partial charge in [-0.15, -0.1) is 0 Å². The summed E-state index contributed by atoms with van der Waals surface area (Å²) in [4.78, 5) is 0. The first-order valence-electron chi connectivity index (χ1n) is 5.09. The van der Waals surface area contributed by atoms with Crippen LogP contribution in [0.25, 0.3) is 0 Å². The second-order valence-electron chi connectivity index (χ2n) is 3.19. The Morgan fingerprint density at radius 3 is 1.69 bits per heavy atom. The van der Waals surface area contributed by atoms with Gasteiger partial charge in [-0.3, -0.25) is 0 Å². The molecule has 0 radical (unpaired) electrons. The van der Waals surface area contributed by atoms with Crippen LogP contribution in [0, 0.1) is 0 Å². The summed E-state index contributed by atoms with van der Waals surface area (Å²) in [6.07, 6.45) is 7.64. The SMILES string of the molecule is C=C(C)/C=C\C(=C)CC.CCCC. The van der Waals surface area contributed by atoms with E-state index in [2.05, 4.69) is 33.9 Å². The summed E-state index contributed by atoms with van der Waals surface area (Å²) in [7, 11) is 0. The molecular weight excluding hydrogens is 156 g/mol. The smallest absolute Gasteiger partial charge is 0.0313 e. The summed E-state index contributed by atoms with van der Waals surface area (Å²) in [5.74, 6) is 0. The maximum Gasteiger partial charge on any atom is -0.0313 e. The number of rotatable bonds is 4. The summed E-state index contributed by atoms with van der Waals surface area (Å²) >= 11 is 0. The molecule has 0 saturated carbocycles. The molecule has 0 aromatic heterocycles. The van der Waals surface area contributed by atoms with Crippen molar-refractivity contribution >= 4 is 0 Å². The van der Waals surface area contributed by atoms with Gasteiger partial charge in [-0.2, -0.15) is 0 Å². The van der Waals surface area contributed by atoms with E-state index in [1.807, 2.05) is 19.1 Å². The van der Waals surface area contributed by atoms with Crippen molar-refractivity contribution in [3.8, 4) is 0 Å². The van der Waals surface area contributed by atoms with Gasteiger partial charge < -0.3 is 0 Å². The Morgan fingerprint density at radius 2 is 1.46 bits per heavy atom. The third-order valence-electron chi connectivity index (χ3n) is 1.56. The molecule has 0 amide bonds. The third-order valence-corrected chi connectivity index (χ3v) is 1.56. The van der Waals surface area contributed by atoms with Gasteiger partial charge in [0.15, 0.2) is 0 Å². The molecule has 76 valence electrons. The second kappa shape index (κ2) is 11.2. The molecule has 0 spiro atoms. The molecule has 0 heteroatoms. The van der Waals surface area contributed by atoms with Crippen molar-refractivity contribution < 1.29 is 0 Å². The van der Waals surface area contributed by atoms with Crippen LogP contribution in [0.1, 0.15) is 47.0 Å². The highest BCUT2D eigenvalue weighted by molar-refractivity contribution is 5.22. The van der Waals surface area contributed by atoms with Crippen molar-refractivity contribution in [3.63, 3.8) is 0 Å². The van der Waals surface area contributed by atoms with Crippen molar-refractivity contribution in [1.82, 2.24) is 0 Å². The maximum absolute atomic E-state index is 3.82. The average molecular weight is 180 g/mol. The molecule has 0 atom stereocenters. The van der Waals surface area contributed by atoms with Crippen LogP contribution in [0.15, 0.2) is 36.5 Å². The molecule has 0 bridgehead atoms. The lowest BCUT2D eigenvalue weighted by Gasteiger charge is -1.89. The normalized spacial score (nSPS) is 9.23. The van der Waals surface area contributed by atoms with Gasteiger partial charge in [0.25, 0.3) is 0 Å². The highest BCUT2D eigenvalue weighted by Gasteiger charge is 1.79. The second-order valence-corrected chi connectivity index (χ2v) is 3.19. The Morgan fingerprint density at radius 1 is 1.00 bits per heavy atom. The van der Waals surface area contributed by atoms with E-state index in [0.717, 1.165) is 17.6 Å². The minimum atomic E-state index is 1.02. The zero-order chi connectivity index (χ0) is 10.7. The summed E-state index contributed by atoms with van der Waals surface area (Å²) in [5, 5.41) is 0. The van der Waals surface area contributed by atoms with Crippen LogP contribution in [0.5, 0.6) is 0 Å². The monoisotopic (exact) mass is 180 g/mol. The molecule has 0 rings (SSSR count). The molecule has 0 N–H and O–H groups in total. The van der Waals surface area contributed by atoms with E-state index in [1.165, 1.54) is 12.8 Å². The van der Waals surface area contributed by atoms with Gasteiger partial charge in [0.05, 0.1) is 0 Å². The number of unbranched alkanes of at least 4 members (excludes halogenated alkanes) is 1. The first-order chi connectivity index (χ1) is 6.08. The lowest BCUT2D eigenvalue weighted by molar-refractivity contribution is 0.886. The van der Waals surface area contributed by atoms with E-state index in [9.17, 15) is 0 Å². The molecule has 0 aliphatic heterocycles. The summed E-state index contributed by atoms with van der Waals surface area (Å²) in [6.45, 7) is 16.0. The topological polar surface area (TPSA) is 0 Å². The van der Waals surface area contributed by atoms with Crippen molar-refractivity contribution in [1.29, 1.82) is 0 Å². The molecule has 0 aromatic carbocycles. The maximum atomic E-state index is 3.82. The van der Waals surface area contributed by atoms with E-state index < -0.39 is 0 Å². The predicted molar refractivity (Wildman–Crippen MR) is 64.0 cm³/mol. The Labute approximate surface area is 84.1 Å². The van der Waals surface area contributed by atoms with Crippen molar-refractivity contribution in [2.75, 3.05) is 0 Å². The Hall–Kier alpha value is -0.780. The van der Waals surface area contributed by atoms with Crippen LogP contribution in [0.3, 0.4) is 0 Å². The standard InChI is InChI=1S/C9H14.C4H10/c1-5-9(4)7-6-8(2)3;1-3-4-2/h6-7H,2,4-5H2,1,3H3;3-4H2,1-2H3/b7-6-;. The van der Waals surface area contributed by atoms with Crippen molar-refractivity contribution in [2.24, 2.45) is 0 Å². The van der Waals surface area contributed by atoms with Gasteiger partial charge in [0.2, 0.25) is 0 Å². The van der Waals surface area contributed by atoms with E-state index in [0.29, 0.717) is 0 Å². The van der Waals surface area contributed by atoms with E-state index in [-0.39, 0.29) is 0 Å². The van der Waals surface area contributed by atoms with Gasteiger partial charge in [0, 0.05) is 0 Å². The molecule has 13 heavy (non-hydrogen) atoms. The van der Waals surface area contributed by atoms with Crippen LogP contribution in [0.4, 0.5) is 0 Å². The molecule has 0 nitrogen and oxygen atoms in total. The van der Waals surface area contributed by atoms with E-state index >= 15 is 0 Å². The minimum absolute atomic E-state index is 1.02. The fraction of sp³-hybridized carbons (Fsp3) is 0.538. The highest BCUT2D eigenvalue weighted by atomic mass is 13.9. The average Bonchev–Trinajstić information content (AvgIpc) is 2.14. The zero-order valence-electron chi connectivity index (χ0n) is 9.69. The Bertz CT molecular complexity index is 159. The minimum Gasteiger partial charge on any atom is -0.0961 e. The van der Waals surface area contributed by atoms with Crippen LogP contribution < -0.4 is 0 Å². The molecule has 0 aliphatic carbocycles. The number of hydrogen-bond donors (Lipinski definition) is 0. The van der Waals surface area contributed by atoms with Crippen LogP contribution >= 0.6 is 0 Å². The molecule has 0 aliphatic rings. The molecule has 0 heterocycles. The zero-order valence-corrected chi connectivity index (χ0v) is 9.69. The van der Waals surface area contributed by atoms with E-state index in [1.54, 1.807) is 0 Å². The third kappa shape index (κ3) is 18.3. The van der Waals surface area contributed by atoms with Crippen molar-refractivity contribution in [3.05, 3.63) is 36.5 Å². The first kappa shape index (κ1) is 14.7.